The van der Waals surface area contributed by atoms with Crippen molar-refractivity contribution in [2.75, 3.05) is 0 Å². The fourth-order valence-electron chi connectivity index (χ4n) is 1.44. The molecule has 1 rings (SSSR count). The zero-order chi connectivity index (χ0) is 15.4. The molecule has 0 unspecified atom stereocenters. The standard InChI is InChI=1S/C12H10F6O2/c13-11(14,15)7-1-2-10(19)8-3-5-9(6-4-8)20-12(16,17)18/h3-6H,1-2,7H2. The Morgan fingerprint density at radius 2 is 1.55 bits per heavy atom. The van der Waals surface area contributed by atoms with Gasteiger partial charge in [0.25, 0.3) is 0 Å². The van der Waals surface area contributed by atoms with E-state index in [-0.39, 0.29) is 18.4 Å². The second-order valence-electron chi connectivity index (χ2n) is 3.96. The fourth-order valence-corrected chi connectivity index (χ4v) is 1.44. The maximum Gasteiger partial charge on any atom is 0.573 e. The monoisotopic (exact) mass is 300 g/mol. The molecular weight excluding hydrogens is 290 g/mol. The highest BCUT2D eigenvalue weighted by Crippen LogP contribution is 2.25. The molecule has 0 aliphatic carbocycles. The minimum Gasteiger partial charge on any atom is -0.406 e. The number of alkyl halides is 6. The van der Waals surface area contributed by atoms with Gasteiger partial charge in [0.2, 0.25) is 0 Å². The Morgan fingerprint density at radius 3 is 2.00 bits per heavy atom. The maximum atomic E-state index is 11.9. The van der Waals surface area contributed by atoms with E-state index in [1.54, 1.807) is 0 Å². The molecule has 112 valence electrons. The van der Waals surface area contributed by atoms with Gasteiger partial charge in [-0.1, -0.05) is 0 Å². The van der Waals surface area contributed by atoms with Gasteiger partial charge < -0.3 is 4.74 Å². The van der Waals surface area contributed by atoms with Crippen LogP contribution in [-0.4, -0.2) is 18.3 Å². The minimum atomic E-state index is -4.84. The number of carbonyl (C=O) groups excluding carboxylic acids is 1. The van der Waals surface area contributed by atoms with E-state index in [1.807, 2.05) is 0 Å². The third kappa shape index (κ3) is 6.44. The Balaban J connectivity index is 2.54. The van der Waals surface area contributed by atoms with Crippen LogP contribution in [0.25, 0.3) is 0 Å². The lowest BCUT2D eigenvalue weighted by molar-refractivity contribution is -0.274. The number of ketones is 1. The van der Waals surface area contributed by atoms with Crippen LogP contribution in [-0.2, 0) is 0 Å². The van der Waals surface area contributed by atoms with E-state index in [1.165, 1.54) is 0 Å². The summed E-state index contributed by atoms with van der Waals surface area (Å²) >= 11 is 0. The molecule has 0 saturated heterocycles. The van der Waals surface area contributed by atoms with E-state index >= 15 is 0 Å². The van der Waals surface area contributed by atoms with Gasteiger partial charge in [0.05, 0.1) is 0 Å². The molecule has 0 amide bonds. The summed E-state index contributed by atoms with van der Waals surface area (Å²) in [6.07, 6.45) is -10.9. The fraction of sp³-hybridized carbons (Fsp3) is 0.417. The van der Waals surface area contributed by atoms with Gasteiger partial charge >= 0.3 is 12.5 Å². The van der Waals surface area contributed by atoms with Crippen LogP contribution in [0.2, 0.25) is 0 Å². The molecule has 8 heteroatoms. The van der Waals surface area contributed by atoms with Gasteiger partial charge in [-0.15, -0.1) is 13.2 Å². The highest BCUT2D eigenvalue weighted by atomic mass is 19.4. The lowest BCUT2D eigenvalue weighted by atomic mass is 10.1. The molecule has 0 spiro atoms. The third-order valence-electron chi connectivity index (χ3n) is 2.27. The van der Waals surface area contributed by atoms with Gasteiger partial charge in [-0.3, -0.25) is 4.79 Å². The Labute approximate surface area is 110 Å². The Bertz CT molecular complexity index is 447. The van der Waals surface area contributed by atoms with E-state index < -0.39 is 30.5 Å². The Morgan fingerprint density at radius 1 is 1.00 bits per heavy atom. The molecule has 0 aromatic heterocycles. The lowest BCUT2D eigenvalue weighted by Gasteiger charge is -2.09. The van der Waals surface area contributed by atoms with Gasteiger partial charge in [-0.2, -0.15) is 13.2 Å². The van der Waals surface area contributed by atoms with Crippen LogP contribution >= 0.6 is 0 Å². The van der Waals surface area contributed by atoms with Crippen molar-refractivity contribution in [2.45, 2.75) is 31.8 Å². The maximum absolute atomic E-state index is 11.9. The molecule has 0 N–H and O–H groups in total. The van der Waals surface area contributed by atoms with Gasteiger partial charge in [-0.05, 0) is 30.7 Å². The first-order valence-electron chi connectivity index (χ1n) is 5.52. The number of ether oxygens (including phenoxy) is 1. The highest BCUT2D eigenvalue weighted by molar-refractivity contribution is 5.96. The summed E-state index contributed by atoms with van der Waals surface area (Å²) in [6, 6.07) is 4.03. The number of benzene rings is 1. The average molecular weight is 300 g/mol. The molecule has 1 aromatic carbocycles. The van der Waals surface area contributed by atoms with Crippen LogP contribution in [0.4, 0.5) is 26.3 Å². The first-order chi connectivity index (χ1) is 9.07. The molecule has 0 atom stereocenters. The normalized spacial score (nSPS) is 12.3. The minimum absolute atomic E-state index is 0.0432. The quantitative estimate of drug-likeness (QED) is 0.591. The van der Waals surface area contributed by atoms with E-state index in [4.69, 9.17) is 0 Å². The average Bonchev–Trinajstić information content (AvgIpc) is 2.25. The molecule has 1 aromatic rings. The topological polar surface area (TPSA) is 26.3 Å². The summed E-state index contributed by atoms with van der Waals surface area (Å²) in [7, 11) is 0. The van der Waals surface area contributed by atoms with Gasteiger partial charge in [0, 0.05) is 18.4 Å². The molecule has 0 fully saturated rings. The highest BCUT2D eigenvalue weighted by Gasteiger charge is 2.31. The van der Waals surface area contributed by atoms with Crippen molar-refractivity contribution >= 4 is 5.78 Å². The van der Waals surface area contributed by atoms with Crippen LogP contribution in [0.3, 0.4) is 0 Å². The second-order valence-corrected chi connectivity index (χ2v) is 3.96. The lowest BCUT2D eigenvalue weighted by Crippen LogP contribution is -2.17. The van der Waals surface area contributed by atoms with Gasteiger partial charge in [0.15, 0.2) is 5.78 Å². The Kier molecular flexibility index (Phi) is 5.02. The zero-order valence-corrected chi connectivity index (χ0v) is 10.0. The summed E-state index contributed by atoms with van der Waals surface area (Å²) in [5.41, 5.74) is 0.0432. The van der Waals surface area contributed by atoms with Gasteiger partial charge in [-0.25, -0.2) is 0 Å². The van der Waals surface area contributed by atoms with Crippen LogP contribution in [0, 0.1) is 0 Å². The van der Waals surface area contributed by atoms with Gasteiger partial charge in [0.1, 0.15) is 5.75 Å². The SMILES string of the molecule is O=C(CCCC(F)(F)F)c1ccc(OC(F)(F)F)cc1. The Hall–Kier alpha value is -1.73. The smallest absolute Gasteiger partial charge is 0.406 e. The summed E-state index contributed by atoms with van der Waals surface area (Å²) in [5, 5.41) is 0. The number of Topliss-reactive ketones (excluding diaryl/α,β-unsaturated/α-hetero) is 1. The first kappa shape index (κ1) is 16.3. The molecule has 0 radical (unpaired) electrons. The van der Waals surface area contributed by atoms with E-state index in [0.717, 1.165) is 24.3 Å². The second kappa shape index (κ2) is 6.15. The molecule has 0 heterocycles. The van der Waals surface area contributed by atoms with E-state index in [2.05, 4.69) is 4.74 Å². The molecule has 0 saturated carbocycles. The van der Waals surface area contributed by atoms with Crippen molar-refractivity contribution in [1.29, 1.82) is 0 Å². The molecule has 0 aliphatic rings. The van der Waals surface area contributed by atoms with E-state index in [0.29, 0.717) is 0 Å². The molecule has 2 nitrogen and oxygen atoms in total. The predicted octanol–water partition coefficient (Wildman–Crippen LogP) is 4.50. The number of hydrogen-bond acceptors (Lipinski definition) is 2. The van der Waals surface area contributed by atoms with Crippen molar-refractivity contribution in [3.8, 4) is 5.75 Å². The summed E-state index contributed by atoms with van der Waals surface area (Å²) < 4.78 is 74.9. The van der Waals surface area contributed by atoms with Crippen LogP contribution in [0.1, 0.15) is 29.6 Å². The number of halogens is 6. The number of hydrogen-bond donors (Lipinski definition) is 0. The number of carbonyl (C=O) groups is 1. The number of rotatable bonds is 5. The van der Waals surface area contributed by atoms with Crippen LogP contribution in [0.15, 0.2) is 24.3 Å². The summed E-state index contributed by atoms with van der Waals surface area (Å²) in [4.78, 5) is 11.5. The van der Waals surface area contributed by atoms with E-state index in [9.17, 15) is 31.1 Å². The molecule has 0 aliphatic heterocycles. The van der Waals surface area contributed by atoms with Crippen molar-refractivity contribution in [2.24, 2.45) is 0 Å². The molecule has 0 bridgehead atoms. The zero-order valence-electron chi connectivity index (χ0n) is 10.0. The van der Waals surface area contributed by atoms with Crippen LogP contribution < -0.4 is 4.74 Å². The van der Waals surface area contributed by atoms with Crippen molar-refractivity contribution in [3.05, 3.63) is 29.8 Å². The summed E-state index contributed by atoms with van der Waals surface area (Å²) in [5.74, 6) is -1.06. The van der Waals surface area contributed by atoms with Crippen LogP contribution in [0.5, 0.6) is 5.75 Å². The van der Waals surface area contributed by atoms with Crippen molar-refractivity contribution in [1.82, 2.24) is 0 Å². The summed E-state index contributed by atoms with van der Waals surface area (Å²) in [6.45, 7) is 0. The van der Waals surface area contributed by atoms with Crippen molar-refractivity contribution < 1.29 is 35.9 Å². The molecule has 20 heavy (non-hydrogen) atoms. The molecular formula is C12H10F6O2. The largest absolute Gasteiger partial charge is 0.573 e. The predicted molar refractivity (Wildman–Crippen MR) is 57.4 cm³/mol. The third-order valence-corrected chi connectivity index (χ3v) is 2.27. The van der Waals surface area contributed by atoms with Crippen molar-refractivity contribution in [3.63, 3.8) is 0 Å². The first-order valence-corrected chi connectivity index (χ1v) is 5.52.